The van der Waals surface area contributed by atoms with Gasteiger partial charge in [-0.15, -0.1) is 0 Å². The molecule has 176 valence electrons. The molecule has 1 fully saturated rings. The molecule has 0 amide bonds. The standard InChI is InChI=1S/C27H28F4O2/c1-16(24(28)25(29)17(2)33-3)4-5-18-6-8-19(9-7-18)22-14-15-23(27(31)26(22)30)20-10-12-21(32)13-11-20/h6-9,14-15,20-21,32H,1-2,4-5,10-13H2,3H3/b25-24-. The van der Waals surface area contributed by atoms with Crippen LogP contribution in [0.5, 0.6) is 0 Å². The van der Waals surface area contributed by atoms with Crippen molar-refractivity contribution in [2.45, 2.75) is 50.5 Å². The lowest BCUT2D eigenvalue weighted by Crippen LogP contribution is -2.18. The van der Waals surface area contributed by atoms with Gasteiger partial charge >= 0.3 is 0 Å². The Labute approximate surface area is 191 Å². The van der Waals surface area contributed by atoms with Gasteiger partial charge in [0.2, 0.25) is 0 Å². The second kappa shape index (κ2) is 10.8. The van der Waals surface area contributed by atoms with E-state index in [1.807, 2.05) is 0 Å². The number of rotatable bonds is 8. The van der Waals surface area contributed by atoms with Gasteiger partial charge in [0.1, 0.15) is 5.76 Å². The molecule has 33 heavy (non-hydrogen) atoms. The minimum atomic E-state index is -1.18. The average Bonchev–Trinajstić information content (AvgIpc) is 2.83. The predicted molar refractivity (Wildman–Crippen MR) is 122 cm³/mol. The molecule has 1 saturated carbocycles. The quantitative estimate of drug-likeness (QED) is 0.252. The Morgan fingerprint density at radius 2 is 1.58 bits per heavy atom. The molecule has 0 spiro atoms. The van der Waals surface area contributed by atoms with E-state index in [0.29, 0.717) is 43.2 Å². The summed E-state index contributed by atoms with van der Waals surface area (Å²) < 4.78 is 62.1. The largest absolute Gasteiger partial charge is 0.494 e. The van der Waals surface area contributed by atoms with Gasteiger partial charge in [0.05, 0.1) is 13.2 Å². The molecule has 6 heteroatoms. The van der Waals surface area contributed by atoms with E-state index in [1.54, 1.807) is 36.4 Å². The second-order valence-corrected chi connectivity index (χ2v) is 8.39. The summed E-state index contributed by atoms with van der Waals surface area (Å²) in [5.74, 6) is -4.49. The molecular formula is C27H28F4O2. The van der Waals surface area contributed by atoms with Gasteiger partial charge in [-0.25, -0.2) is 13.2 Å². The Balaban J connectivity index is 1.69. The predicted octanol–water partition coefficient (Wildman–Crippen LogP) is 7.45. The van der Waals surface area contributed by atoms with Gasteiger partial charge in [0, 0.05) is 5.56 Å². The number of hydrogen-bond acceptors (Lipinski definition) is 2. The summed E-state index contributed by atoms with van der Waals surface area (Å²) in [6, 6.07) is 10.0. The highest BCUT2D eigenvalue weighted by atomic mass is 19.2. The zero-order chi connectivity index (χ0) is 24.1. The first-order valence-electron chi connectivity index (χ1n) is 10.9. The molecule has 0 aromatic heterocycles. The third-order valence-electron chi connectivity index (χ3n) is 6.22. The van der Waals surface area contributed by atoms with Gasteiger partial charge in [-0.2, -0.15) is 4.39 Å². The highest BCUT2D eigenvalue weighted by Gasteiger charge is 2.25. The lowest BCUT2D eigenvalue weighted by atomic mass is 9.82. The Kier molecular flexibility index (Phi) is 8.14. The Hall–Kier alpha value is -2.86. The number of hydrogen-bond donors (Lipinski definition) is 1. The van der Waals surface area contributed by atoms with Crippen molar-refractivity contribution < 1.29 is 27.4 Å². The topological polar surface area (TPSA) is 29.5 Å². The van der Waals surface area contributed by atoms with Crippen LogP contribution in [0.1, 0.15) is 49.1 Å². The molecule has 0 heterocycles. The first-order chi connectivity index (χ1) is 15.7. The molecular weight excluding hydrogens is 432 g/mol. The molecule has 1 aliphatic carbocycles. The van der Waals surface area contributed by atoms with Crippen LogP contribution in [-0.4, -0.2) is 18.3 Å². The van der Waals surface area contributed by atoms with Crippen molar-refractivity contribution in [1.29, 1.82) is 0 Å². The van der Waals surface area contributed by atoms with Gasteiger partial charge in [0.25, 0.3) is 0 Å². The Morgan fingerprint density at radius 3 is 2.18 bits per heavy atom. The van der Waals surface area contributed by atoms with Gasteiger partial charge < -0.3 is 9.84 Å². The van der Waals surface area contributed by atoms with Gasteiger partial charge in [-0.1, -0.05) is 49.6 Å². The van der Waals surface area contributed by atoms with Gasteiger partial charge in [-0.3, -0.25) is 0 Å². The lowest BCUT2D eigenvalue weighted by molar-refractivity contribution is 0.122. The summed E-state index contributed by atoms with van der Waals surface area (Å²) in [4.78, 5) is 0. The number of ether oxygens (including phenoxy) is 1. The van der Waals surface area contributed by atoms with Crippen LogP contribution in [0.4, 0.5) is 17.6 Å². The van der Waals surface area contributed by atoms with Crippen LogP contribution >= 0.6 is 0 Å². The third-order valence-corrected chi connectivity index (χ3v) is 6.22. The number of aliphatic hydroxyl groups excluding tert-OH is 1. The Morgan fingerprint density at radius 1 is 0.939 bits per heavy atom. The van der Waals surface area contributed by atoms with E-state index in [0.717, 1.165) is 5.56 Å². The molecule has 2 aromatic rings. The minimum Gasteiger partial charge on any atom is -0.494 e. The molecule has 2 nitrogen and oxygen atoms in total. The lowest BCUT2D eigenvalue weighted by Gasteiger charge is -2.26. The number of halogens is 4. The maximum atomic E-state index is 14.9. The third kappa shape index (κ3) is 5.74. The van der Waals surface area contributed by atoms with Crippen LogP contribution in [-0.2, 0) is 11.2 Å². The van der Waals surface area contributed by atoms with E-state index >= 15 is 0 Å². The molecule has 3 rings (SSSR count). The number of benzene rings is 2. The number of methoxy groups -OCH3 is 1. The molecule has 0 atom stereocenters. The fourth-order valence-corrected chi connectivity index (χ4v) is 4.11. The zero-order valence-corrected chi connectivity index (χ0v) is 18.6. The van der Waals surface area contributed by atoms with Crippen LogP contribution in [0.15, 0.2) is 72.5 Å². The highest BCUT2D eigenvalue weighted by Crippen LogP contribution is 2.37. The first kappa shape index (κ1) is 24.8. The zero-order valence-electron chi connectivity index (χ0n) is 18.6. The van der Waals surface area contributed by atoms with Crippen molar-refractivity contribution in [2.24, 2.45) is 0 Å². The van der Waals surface area contributed by atoms with Crippen LogP contribution in [0.25, 0.3) is 11.1 Å². The maximum absolute atomic E-state index is 14.9. The van der Waals surface area contributed by atoms with Gasteiger partial charge in [0.15, 0.2) is 23.3 Å². The molecule has 1 aliphatic rings. The molecule has 1 N–H and O–H groups in total. The van der Waals surface area contributed by atoms with E-state index in [4.69, 9.17) is 0 Å². The summed E-state index contributed by atoms with van der Waals surface area (Å²) in [5, 5.41) is 9.65. The van der Waals surface area contributed by atoms with Crippen molar-refractivity contribution in [3.63, 3.8) is 0 Å². The van der Waals surface area contributed by atoms with Crippen LogP contribution in [0.3, 0.4) is 0 Å². The summed E-state index contributed by atoms with van der Waals surface area (Å²) in [7, 11) is 1.20. The van der Waals surface area contributed by atoms with Crippen molar-refractivity contribution >= 4 is 0 Å². The maximum Gasteiger partial charge on any atom is 0.200 e. The van der Waals surface area contributed by atoms with Crippen molar-refractivity contribution in [1.82, 2.24) is 0 Å². The van der Waals surface area contributed by atoms with E-state index in [-0.39, 0.29) is 29.6 Å². The first-order valence-corrected chi connectivity index (χ1v) is 10.9. The number of aryl methyl sites for hydroxylation is 1. The normalized spacial score (nSPS) is 19.1. The molecule has 0 bridgehead atoms. The SMILES string of the molecule is C=C(CCc1ccc(-c2ccc(C3CCC(O)CC3)c(F)c2F)cc1)/C(F)=C(/F)C(=C)OC. The second-order valence-electron chi connectivity index (χ2n) is 8.39. The average molecular weight is 461 g/mol. The van der Waals surface area contributed by atoms with Crippen LogP contribution in [0, 0.1) is 11.6 Å². The monoisotopic (exact) mass is 460 g/mol. The summed E-state index contributed by atoms with van der Waals surface area (Å²) in [5.41, 5.74) is 1.84. The van der Waals surface area contributed by atoms with Crippen LogP contribution < -0.4 is 0 Å². The fourth-order valence-electron chi connectivity index (χ4n) is 4.11. The summed E-state index contributed by atoms with van der Waals surface area (Å²) in [6.07, 6.45) is 2.66. The van der Waals surface area contributed by atoms with E-state index < -0.39 is 29.0 Å². The van der Waals surface area contributed by atoms with Gasteiger partial charge in [-0.05, 0) is 66.7 Å². The van der Waals surface area contributed by atoms with Crippen molar-refractivity contribution in [2.75, 3.05) is 7.11 Å². The van der Waals surface area contributed by atoms with E-state index in [1.165, 1.54) is 7.11 Å². The summed E-state index contributed by atoms with van der Waals surface area (Å²) >= 11 is 0. The molecule has 0 saturated heterocycles. The number of aliphatic hydroxyl groups is 1. The molecule has 0 aliphatic heterocycles. The minimum absolute atomic E-state index is 0.0197. The van der Waals surface area contributed by atoms with E-state index in [2.05, 4.69) is 17.9 Å². The Bertz CT molecular complexity index is 1050. The smallest absolute Gasteiger partial charge is 0.200 e. The van der Waals surface area contributed by atoms with Crippen molar-refractivity contribution in [3.05, 3.63) is 95.3 Å². The highest BCUT2D eigenvalue weighted by molar-refractivity contribution is 5.65. The summed E-state index contributed by atoms with van der Waals surface area (Å²) in [6.45, 7) is 6.85. The molecule has 2 aromatic carbocycles. The molecule has 0 unspecified atom stereocenters. The van der Waals surface area contributed by atoms with Crippen molar-refractivity contribution in [3.8, 4) is 11.1 Å². The fraction of sp³-hybridized carbons (Fsp3) is 0.333. The molecule has 0 radical (unpaired) electrons. The number of allylic oxidation sites excluding steroid dienone is 3. The van der Waals surface area contributed by atoms with Crippen LogP contribution in [0.2, 0.25) is 0 Å². The van der Waals surface area contributed by atoms with E-state index in [9.17, 15) is 22.7 Å².